The van der Waals surface area contributed by atoms with Crippen molar-refractivity contribution >= 4 is 8.41 Å². The van der Waals surface area contributed by atoms with Crippen LogP contribution >= 0.6 is 0 Å². The van der Waals surface area contributed by atoms with Crippen LogP contribution < -0.4 is 0 Å². The minimum absolute atomic E-state index is 0. The smallest absolute Gasteiger partial charge is 0 e. The molecular formula is H3BFe2Nd2. The van der Waals surface area contributed by atoms with Gasteiger partial charge in [-0.05, 0) is 0 Å². The van der Waals surface area contributed by atoms with E-state index in [0.29, 0.717) is 0 Å². The second kappa shape index (κ2) is 25.0. The first-order valence-electron chi connectivity index (χ1n) is 0. The molecule has 0 saturated heterocycles. The standard InChI is InChI=1S/BH3.2Fe.2Nd/h1H3;;;;. The van der Waals surface area contributed by atoms with Crippen LogP contribution in [0.1, 0.15) is 0 Å². The van der Waals surface area contributed by atoms with Crippen molar-refractivity contribution in [2.75, 3.05) is 0 Å². The predicted molar refractivity (Wildman–Crippen MR) is 9.94 cm³/mol. The molecule has 30 valence electrons. The largest absolute Gasteiger partial charge is 0.0814 e. The molecule has 5 heteroatoms. The SMILES string of the molecule is B.[Fe].[Fe].[Nd].[Nd]. The van der Waals surface area contributed by atoms with Crippen LogP contribution in [0.25, 0.3) is 0 Å². The molecule has 5 heavy (non-hydrogen) atoms. The maximum Gasteiger partial charge on any atom is 0.0814 e. The minimum Gasteiger partial charge on any atom is 0 e. The summed E-state index contributed by atoms with van der Waals surface area (Å²) in [5, 5.41) is 0. The molecule has 0 saturated carbocycles. The van der Waals surface area contributed by atoms with Gasteiger partial charge in [-0.15, -0.1) is 0 Å². The van der Waals surface area contributed by atoms with Crippen molar-refractivity contribution in [3.63, 3.8) is 0 Å². The van der Waals surface area contributed by atoms with Gasteiger partial charge in [-0.25, -0.2) is 0 Å². The molecule has 0 aromatic heterocycles. The number of hydrogen-bond acceptors (Lipinski definition) is 0. The number of rotatable bonds is 0. The van der Waals surface area contributed by atoms with E-state index in [1.54, 1.807) is 0 Å². The topological polar surface area (TPSA) is 0 Å². The summed E-state index contributed by atoms with van der Waals surface area (Å²) in [5.41, 5.74) is 0. The van der Waals surface area contributed by atoms with Gasteiger partial charge in [-0.2, -0.15) is 0 Å². The van der Waals surface area contributed by atoms with Gasteiger partial charge in [-0.3, -0.25) is 0 Å². The van der Waals surface area contributed by atoms with Crippen LogP contribution in [-0.4, -0.2) is 8.41 Å². The fourth-order valence-corrected chi connectivity index (χ4v) is 0. The van der Waals surface area contributed by atoms with Gasteiger partial charge in [0.2, 0.25) is 0 Å². The molecule has 0 nitrogen and oxygen atoms in total. The van der Waals surface area contributed by atoms with E-state index >= 15 is 0 Å². The zero-order valence-corrected chi connectivity index (χ0v) is 10.3. The summed E-state index contributed by atoms with van der Waals surface area (Å²) in [7, 11) is 0. The Bertz CT molecular complexity index is 7.61. The normalized spacial score (nSPS) is 0. The quantitative estimate of drug-likeness (QED) is 0.438. The molecule has 0 unspecified atom stereocenters. The summed E-state index contributed by atoms with van der Waals surface area (Å²) in [5.74, 6) is 0. The van der Waals surface area contributed by atoms with Gasteiger partial charge in [0.1, 0.15) is 0 Å². The van der Waals surface area contributed by atoms with E-state index in [9.17, 15) is 0 Å². The van der Waals surface area contributed by atoms with Crippen LogP contribution in [0.4, 0.5) is 0 Å². The van der Waals surface area contributed by atoms with E-state index in [-0.39, 0.29) is 124 Å². The summed E-state index contributed by atoms with van der Waals surface area (Å²) in [4.78, 5) is 0. The molecule has 0 aliphatic heterocycles. The maximum atomic E-state index is 0. The zero-order valence-electron chi connectivity index (χ0n) is 1.71. The fourth-order valence-electron chi connectivity index (χ4n) is 0. The fraction of sp³-hybridized carbons (Fsp3) is 0. The van der Waals surface area contributed by atoms with E-state index in [1.165, 1.54) is 0 Å². The molecule has 0 spiro atoms. The van der Waals surface area contributed by atoms with E-state index in [2.05, 4.69) is 0 Å². The van der Waals surface area contributed by atoms with Gasteiger partial charge in [0, 0.05) is 116 Å². The molecule has 0 aliphatic carbocycles. The Balaban J connectivity index is 0. The Hall–Kier alpha value is 3.81. The first kappa shape index (κ1) is 37.0. The summed E-state index contributed by atoms with van der Waals surface area (Å²) < 4.78 is 0. The summed E-state index contributed by atoms with van der Waals surface area (Å²) in [6, 6.07) is 0. The average molecular weight is 414 g/mol. The van der Waals surface area contributed by atoms with Crippen molar-refractivity contribution in [2.45, 2.75) is 0 Å². The molecule has 0 N–H and O–H groups in total. The van der Waals surface area contributed by atoms with E-state index in [4.69, 9.17) is 0 Å². The first-order valence-corrected chi connectivity index (χ1v) is 0. The van der Waals surface area contributed by atoms with Crippen LogP contribution in [0.5, 0.6) is 0 Å². The van der Waals surface area contributed by atoms with Gasteiger partial charge in [0.25, 0.3) is 0 Å². The molecule has 0 rings (SSSR count). The van der Waals surface area contributed by atoms with Gasteiger partial charge in [0.15, 0.2) is 0 Å². The van der Waals surface area contributed by atoms with E-state index < -0.39 is 0 Å². The van der Waals surface area contributed by atoms with Crippen molar-refractivity contribution in [1.82, 2.24) is 0 Å². The monoisotopic (exact) mass is 410 g/mol. The van der Waals surface area contributed by atoms with Gasteiger partial charge in [0.05, 0.1) is 8.41 Å². The van der Waals surface area contributed by atoms with Crippen LogP contribution in [0, 0.1) is 81.7 Å². The van der Waals surface area contributed by atoms with Crippen LogP contribution in [-0.2, 0) is 34.1 Å². The van der Waals surface area contributed by atoms with Crippen molar-refractivity contribution < 1.29 is 116 Å². The van der Waals surface area contributed by atoms with Crippen LogP contribution in [0.3, 0.4) is 0 Å². The third kappa shape index (κ3) is 18.2. The summed E-state index contributed by atoms with van der Waals surface area (Å²) in [6.45, 7) is 0. The second-order valence-corrected chi connectivity index (χ2v) is 0. The Morgan fingerprint density at radius 1 is 0.600 bits per heavy atom. The third-order valence-corrected chi connectivity index (χ3v) is 0. The predicted octanol–water partition coefficient (Wildman–Crippen LogP) is -1.19. The first-order chi connectivity index (χ1) is 0. The van der Waals surface area contributed by atoms with Gasteiger partial charge in [-0.1, -0.05) is 0 Å². The van der Waals surface area contributed by atoms with Crippen molar-refractivity contribution in [3.8, 4) is 0 Å². The Morgan fingerprint density at radius 3 is 0.600 bits per heavy atom. The van der Waals surface area contributed by atoms with Crippen molar-refractivity contribution in [2.24, 2.45) is 0 Å². The third-order valence-electron chi connectivity index (χ3n) is 0. The molecule has 0 heterocycles. The molecule has 0 bridgehead atoms. The van der Waals surface area contributed by atoms with Gasteiger partial charge >= 0.3 is 0 Å². The molecule has 0 amide bonds. The molecule has 0 fully saturated rings. The summed E-state index contributed by atoms with van der Waals surface area (Å²) >= 11 is 0. The molecule has 0 aromatic rings. The van der Waals surface area contributed by atoms with Crippen LogP contribution in [0.2, 0.25) is 0 Å². The number of hydrogen-bond donors (Lipinski definition) is 0. The van der Waals surface area contributed by atoms with Crippen molar-refractivity contribution in [1.29, 1.82) is 0 Å². The Kier molecular flexibility index (Phi) is 185. The molecule has 0 aliphatic rings. The molecular weight excluding hydrogens is 411 g/mol. The second-order valence-electron chi connectivity index (χ2n) is 0. The molecule has 0 aromatic carbocycles. The van der Waals surface area contributed by atoms with Crippen molar-refractivity contribution in [3.05, 3.63) is 0 Å². The maximum absolute atomic E-state index is 0. The minimum atomic E-state index is 0. The van der Waals surface area contributed by atoms with E-state index in [1.807, 2.05) is 0 Å². The Labute approximate surface area is 121 Å². The zero-order chi connectivity index (χ0) is 0. The average Bonchev–Trinajstić information content (AvgIpc) is 0. The van der Waals surface area contributed by atoms with E-state index in [0.717, 1.165) is 0 Å². The molecule has 0 atom stereocenters. The molecule has 0 radical (unpaired) electrons. The summed E-state index contributed by atoms with van der Waals surface area (Å²) in [6.07, 6.45) is 0. The Morgan fingerprint density at radius 2 is 0.600 bits per heavy atom. The van der Waals surface area contributed by atoms with Crippen LogP contribution in [0.15, 0.2) is 0 Å². The van der Waals surface area contributed by atoms with Gasteiger partial charge < -0.3 is 0 Å².